The van der Waals surface area contributed by atoms with E-state index in [4.69, 9.17) is 9.47 Å². The van der Waals surface area contributed by atoms with E-state index in [2.05, 4.69) is 22.8 Å². The predicted molar refractivity (Wildman–Crippen MR) is 76.1 cm³/mol. The zero-order valence-corrected chi connectivity index (χ0v) is 11.4. The molecule has 1 aromatic heterocycles. The number of thiophene rings is 1. The van der Waals surface area contributed by atoms with Crippen molar-refractivity contribution < 1.29 is 9.47 Å². The molecule has 0 aliphatic carbocycles. The van der Waals surface area contributed by atoms with Crippen LogP contribution >= 0.6 is 11.3 Å². The van der Waals surface area contributed by atoms with Gasteiger partial charge in [-0.25, -0.2) is 0 Å². The third-order valence-corrected chi connectivity index (χ3v) is 3.61. The number of benzene rings is 1. The van der Waals surface area contributed by atoms with E-state index >= 15 is 0 Å². The van der Waals surface area contributed by atoms with Gasteiger partial charge in [0.25, 0.3) is 0 Å². The van der Waals surface area contributed by atoms with Gasteiger partial charge in [0.1, 0.15) is 11.5 Å². The standard InChI is InChI=1S/C14H17NO2S/c1-16-11-5-6-14(17-2)13(10-11)15-8-7-12-4-3-9-18-12/h3-6,9-10,15H,7-8H2,1-2H3. The quantitative estimate of drug-likeness (QED) is 0.866. The van der Waals surface area contributed by atoms with Crippen molar-refractivity contribution in [1.82, 2.24) is 0 Å². The van der Waals surface area contributed by atoms with Crippen LogP contribution in [-0.2, 0) is 6.42 Å². The lowest BCUT2D eigenvalue weighted by atomic mass is 10.2. The molecule has 0 aliphatic heterocycles. The molecule has 96 valence electrons. The van der Waals surface area contributed by atoms with Crippen molar-refractivity contribution in [1.29, 1.82) is 0 Å². The zero-order valence-electron chi connectivity index (χ0n) is 10.6. The third kappa shape index (κ3) is 3.17. The molecule has 0 saturated carbocycles. The molecule has 0 amide bonds. The number of rotatable bonds is 6. The number of hydrogen-bond acceptors (Lipinski definition) is 4. The molecule has 3 nitrogen and oxygen atoms in total. The molecule has 1 aromatic carbocycles. The second-order valence-corrected chi connectivity index (χ2v) is 4.85. The fourth-order valence-corrected chi connectivity index (χ4v) is 2.44. The molecular formula is C14H17NO2S. The number of hydrogen-bond donors (Lipinski definition) is 1. The number of anilines is 1. The molecule has 0 radical (unpaired) electrons. The molecule has 1 N–H and O–H groups in total. The molecule has 0 aliphatic rings. The molecular weight excluding hydrogens is 246 g/mol. The molecule has 1 heterocycles. The second-order valence-electron chi connectivity index (χ2n) is 3.82. The van der Waals surface area contributed by atoms with Crippen molar-refractivity contribution in [2.75, 3.05) is 26.1 Å². The fourth-order valence-electron chi connectivity index (χ4n) is 1.73. The van der Waals surface area contributed by atoms with E-state index in [1.807, 2.05) is 18.2 Å². The van der Waals surface area contributed by atoms with Crippen LogP contribution in [0.25, 0.3) is 0 Å². The summed E-state index contributed by atoms with van der Waals surface area (Å²) in [7, 11) is 3.34. The van der Waals surface area contributed by atoms with Crippen molar-refractivity contribution in [2.24, 2.45) is 0 Å². The maximum absolute atomic E-state index is 5.32. The van der Waals surface area contributed by atoms with E-state index in [0.29, 0.717) is 0 Å². The summed E-state index contributed by atoms with van der Waals surface area (Å²) in [4.78, 5) is 1.38. The summed E-state index contributed by atoms with van der Waals surface area (Å²) < 4.78 is 10.5. The van der Waals surface area contributed by atoms with Crippen molar-refractivity contribution in [2.45, 2.75) is 6.42 Å². The van der Waals surface area contributed by atoms with Gasteiger partial charge in [-0.3, -0.25) is 0 Å². The van der Waals surface area contributed by atoms with Gasteiger partial charge in [-0.15, -0.1) is 11.3 Å². The summed E-state index contributed by atoms with van der Waals surface area (Å²) >= 11 is 1.78. The second kappa shape index (κ2) is 6.31. The largest absolute Gasteiger partial charge is 0.497 e. The van der Waals surface area contributed by atoms with Crippen molar-refractivity contribution in [3.05, 3.63) is 40.6 Å². The van der Waals surface area contributed by atoms with Gasteiger partial charge in [0.15, 0.2) is 0 Å². The Bertz CT molecular complexity index is 483. The highest BCUT2D eigenvalue weighted by atomic mass is 32.1. The molecule has 0 unspecified atom stereocenters. The van der Waals surface area contributed by atoms with E-state index in [-0.39, 0.29) is 0 Å². The van der Waals surface area contributed by atoms with Gasteiger partial charge in [0, 0.05) is 17.5 Å². The van der Waals surface area contributed by atoms with E-state index in [9.17, 15) is 0 Å². The Hall–Kier alpha value is -1.68. The minimum absolute atomic E-state index is 0.828. The summed E-state index contributed by atoms with van der Waals surface area (Å²) in [6, 6.07) is 9.98. The summed E-state index contributed by atoms with van der Waals surface area (Å²) in [5.41, 5.74) is 0.966. The molecule has 0 fully saturated rings. The van der Waals surface area contributed by atoms with Gasteiger partial charge in [-0.2, -0.15) is 0 Å². The lowest BCUT2D eigenvalue weighted by molar-refractivity contribution is 0.404. The van der Waals surface area contributed by atoms with Gasteiger partial charge in [0.05, 0.1) is 19.9 Å². The highest BCUT2D eigenvalue weighted by Gasteiger charge is 2.04. The van der Waals surface area contributed by atoms with Crippen LogP contribution in [0.4, 0.5) is 5.69 Å². The zero-order chi connectivity index (χ0) is 12.8. The van der Waals surface area contributed by atoms with Crippen LogP contribution in [0.3, 0.4) is 0 Å². The van der Waals surface area contributed by atoms with E-state index in [0.717, 1.165) is 30.2 Å². The van der Waals surface area contributed by atoms with Gasteiger partial charge in [0.2, 0.25) is 0 Å². The van der Waals surface area contributed by atoms with Gasteiger partial charge in [-0.05, 0) is 30.0 Å². The number of nitrogens with one attached hydrogen (secondary N) is 1. The highest BCUT2D eigenvalue weighted by molar-refractivity contribution is 7.09. The smallest absolute Gasteiger partial charge is 0.142 e. The average Bonchev–Trinajstić information content (AvgIpc) is 2.92. The topological polar surface area (TPSA) is 30.5 Å². The molecule has 4 heteroatoms. The van der Waals surface area contributed by atoms with Crippen LogP contribution in [-0.4, -0.2) is 20.8 Å². The molecule has 2 aromatic rings. The first-order valence-corrected chi connectivity index (χ1v) is 6.69. The van der Waals surface area contributed by atoms with Crippen molar-refractivity contribution in [3.8, 4) is 11.5 Å². The molecule has 0 spiro atoms. The predicted octanol–water partition coefficient (Wildman–Crippen LogP) is 3.42. The Balaban J connectivity index is 1.98. The summed E-state index contributed by atoms with van der Waals surface area (Å²) in [6.07, 6.45) is 1.01. The Morgan fingerprint density at radius 2 is 2.06 bits per heavy atom. The minimum Gasteiger partial charge on any atom is -0.497 e. The van der Waals surface area contributed by atoms with Crippen LogP contribution in [0.5, 0.6) is 11.5 Å². The maximum Gasteiger partial charge on any atom is 0.142 e. The number of methoxy groups -OCH3 is 2. The average molecular weight is 263 g/mol. The van der Waals surface area contributed by atoms with Gasteiger partial charge < -0.3 is 14.8 Å². The Morgan fingerprint density at radius 3 is 2.72 bits per heavy atom. The normalized spacial score (nSPS) is 10.1. The molecule has 0 bridgehead atoms. The lowest BCUT2D eigenvalue weighted by Crippen LogP contribution is -2.05. The highest BCUT2D eigenvalue weighted by Crippen LogP contribution is 2.28. The van der Waals surface area contributed by atoms with E-state index in [1.54, 1.807) is 25.6 Å². The minimum atomic E-state index is 0.828. The van der Waals surface area contributed by atoms with Crippen molar-refractivity contribution >= 4 is 17.0 Å². The summed E-state index contributed by atoms with van der Waals surface area (Å²) in [5.74, 6) is 1.66. The molecule has 0 saturated heterocycles. The SMILES string of the molecule is COc1ccc(OC)c(NCCc2cccs2)c1. The first kappa shape index (κ1) is 12.8. The first-order chi connectivity index (χ1) is 8.83. The Labute approximate surface area is 111 Å². The molecule has 18 heavy (non-hydrogen) atoms. The number of ether oxygens (including phenoxy) is 2. The Kier molecular flexibility index (Phi) is 4.47. The van der Waals surface area contributed by atoms with Crippen LogP contribution in [0.1, 0.15) is 4.88 Å². The van der Waals surface area contributed by atoms with E-state index < -0.39 is 0 Å². The van der Waals surface area contributed by atoms with Gasteiger partial charge in [-0.1, -0.05) is 6.07 Å². The van der Waals surface area contributed by atoms with Crippen LogP contribution in [0.2, 0.25) is 0 Å². The maximum atomic E-state index is 5.32. The van der Waals surface area contributed by atoms with Crippen molar-refractivity contribution in [3.63, 3.8) is 0 Å². The molecule has 2 rings (SSSR count). The van der Waals surface area contributed by atoms with Crippen LogP contribution < -0.4 is 14.8 Å². The fraction of sp³-hybridized carbons (Fsp3) is 0.286. The first-order valence-electron chi connectivity index (χ1n) is 5.82. The lowest BCUT2D eigenvalue weighted by Gasteiger charge is -2.12. The Morgan fingerprint density at radius 1 is 1.17 bits per heavy atom. The van der Waals surface area contributed by atoms with Crippen LogP contribution in [0, 0.1) is 0 Å². The van der Waals surface area contributed by atoms with E-state index in [1.165, 1.54) is 4.88 Å². The third-order valence-electron chi connectivity index (χ3n) is 2.67. The molecule has 0 atom stereocenters. The van der Waals surface area contributed by atoms with Gasteiger partial charge >= 0.3 is 0 Å². The monoisotopic (exact) mass is 263 g/mol. The summed E-state index contributed by atoms with van der Waals surface area (Å²) in [5, 5.41) is 5.48. The van der Waals surface area contributed by atoms with Crippen LogP contribution in [0.15, 0.2) is 35.7 Å². The summed E-state index contributed by atoms with van der Waals surface area (Å²) in [6.45, 7) is 0.879.